The van der Waals surface area contributed by atoms with Crippen LogP contribution >= 0.6 is 11.6 Å². The van der Waals surface area contributed by atoms with Crippen LogP contribution in [-0.2, 0) is 13.5 Å². The van der Waals surface area contributed by atoms with Crippen LogP contribution in [0.3, 0.4) is 0 Å². The van der Waals surface area contributed by atoms with E-state index in [9.17, 15) is 0 Å². The number of nitrogens with one attached hydrogen (secondary N) is 1. The summed E-state index contributed by atoms with van der Waals surface area (Å²) >= 11 is 6.39. The summed E-state index contributed by atoms with van der Waals surface area (Å²) in [6.07, 6.45) is 1.98. The van der Waals surface area contributed by atoms with Crippen molar-refractivity contribution in [3.05, 3.63) is 16.4 Å². The third-order valence-corrected chi connectivity index (χ3v) is 5.09. The average molecular weight is 301 g/mol. The normalized spacial score (nSPS) is 16.4. The van der Waals surface area contributed by atoms with Gasteiger partial charge in [-0.25, -0.2) is 0 Å². The monoisotopic (exact) mass is 300 g/mol. The Morgan fingerprint density at radius 3 is 2.35 bits per heavy atom. The first-order chi connectivity index (χ1) is 9.27. The third kappa shape index (κ3) is 3.35. The first kappa shape index (κ1) is 17.5. The van der Waals surface area contributed by atoms with Crippen LogP contribution < -0.4 is 5.32 Å². The van der Waals surface area contributed by atoms with Crippen LogP contribution in [0.2, 0.25) is 5.15 Å². The Morgan fingerprint density at radius 1 is 1.40 bits per heavy atom. The molecule has 0 aliphatic heterocycles. The first-order valence-corrected chi connectivity index (χ1v) is 7.74. The summed E-state index contributed by atoms with van der Waals surface area (Å²) in [6, 6.07) is 0.341. The molecule has 0 aliphatic carbocycles. The fourth-order valence-electron chi connectivity index (χ4n) is 2.74. The molecule has 0 fully saturated rings. The van der Waals surface area contributed by atoms with E-state index in [0.717, 1.165) is 35.8 Å². The Kier molecular flexibility index (Phi) is 6.05. The number of hydrogen-bond acceptors (Lipinski definition) is 3. The van der Waals surface area contributed by atoms with Crippen molar-refractivity contribution in [3.63, 3.8) is 0 Å². The molecular weight excluding hydrogens is 272 g/mol. The van der Waals surface area contributed by atoms with E-state index in [1.165, 1.54) is 0 Å². The molecule has 0 amide bonds. The molecule has 5 heteroatoms. The Hall–Kier alpha value is -0.580. The van der Waals surface area contributed by atoms with E-state index in [-0.39, 0.29) is 5.54 Å². The fraction of sp³-hybridized carbons (Fsp3) is 0.800. The zero-order valence-electron chi connectivity index (χ0n) is 13.9. The molecular formula is C15H29ClN4. The predicted molar refractivity (Wildman–Crippen MR) is 86.5 cm³/mol. The van der Waals surface area contributed by atoms with E-state index >= 15 is 0 Å². The molecule has 0 bridgehead atoms. The number of halogens is 1. The summed E-state index contributed by atoms with van der Waals surface area (Å²) < 4.78 is 1.76. The lowest BCUT2D eigenvalue weighted by atomic mass is 9.84. The summed E-state index contributed by atoms with van der Waals surface area (Å²) in [5.41, 5.74) is 2.26. The summed E-state index contributed by atoms with van der Waals surface area (Å²) in [6.45, 7) is 9.67. The molecule has 1 N–H and O–H groups in total. The molecule has 4 nitrogen and oxygen atoms in total. The SMILES string of the molecule is CCNC(Cc1c(C)nn(C)c1Cl)C(C)(CC)N(C)C. The molecule has 0 aromatic carbocycles. The molecule has 1 aromatic rings. The number of hydrogen-bond donors (Lipinski definition) is 1. The highest BCUT2D eigenvalue weighted by Crippen LogP contribution is 2.27. The Labute approximate surface area is 128 Å². The number of aromatic nitrogens is 2. The van der Waals surface area contributed by atoms with Crippen LogP contribution in [0.4, 0.5) is 0 Å². The largest absolute Gasteiger partial charge is 0.312 e. The van der Waals surface area contributed by atoms with Crippen LogP contribution in [0.1, 0.15) is 38.4 Å². The number of aryl methyl sites for hydroxylation is 2. The summed E-state index contributed by atoms with van der Waals surface area (Å²) in [4.78, 5) is 2.31. The molecule has 0 aliphatic rings. The maximum Gasteiger partial charge on any atom is 0.130 e. The van der Waals surface area contributed by atoms with E-state index in [4.69, 9.17) is 11.6 Å². The Bertz CT molecular complexity index is 441. The topological polar surface area (TPSA) is 33.1 Å². The van der Waals surface area contributed by atoms with Crippen LogP contribution in [-0.4, -0.2) is 46.9 Å². The highest BCUT2D eigenvalue weighted by atomic mass is 35.5. The van der Waals surface area contributed by atoms with Gasteiger partial charge >= 0.3 is 0 Å². The van der Waals surface area contributed by atoms with Gasteiger partial charge < -0.3 is 10.2 Å². The molecule has 0 saturated heterocycles. The van der Waals surface area contributed by atoms with Gasteiger partial charge in [-0.15, -0.1) is 0 Å². The maximum absolute atomic E-state index is 6.39. The van der Waals surface area contributed by atoms with Crippen LogP contribution in [0, 0.1) is 6.92 Å². The van der Waals surface area contributed by atoms with E-state index in [2.05, 4.69) is 50.2 Å². The molecule has 2 atom stereocenters. The third-order valence-electron chi connectivity index (χ3n) is 4.62. The van der Waals surface area contributed by atoms with Gasteiger partial charge in [-0.05, 0) is 47.3 Å². The summed E-state index contributed by atoms with van der Waals surface area (Å²) in [5, 5.41) is 8.80. The van der Waals surface area contributed by atoms with Crippen LogP contribution in [0.25, 0.3) is 0 Å². The Balaban J connectivity index is 3.09. The van der Waals surface area contributed by atoms with Crippen LogP contribution in [0.15, 0.2) is 0 Å². The van der Waals surface area contributed by atoms with Gasteiger partial charge in [0.1, 0.15) is 5.15 Å². The highest BCUT2D eigenvalue weighted by Gasteiger charge is 2.35. The summed E-state index contributed by atoms with van der Waals surface area (Å²) in [7, 11) is 6.18. The lowest BCUT2D eigenvalue weighted by molar-refractivity contribution is 0.113. The Morgan fingerprint density at radius 2 is 2.00 bits per heavy atom. The van der Waals surface area contributed by atoms with E-state index in [1.807, 2.05) is 14.0 Å². The second-order valence-electron chi connectivity index (χ2n) is 5.90. The number of nitrogens with zero attached hydrogens (tertiary/aromatic N) is 3. The van der Waals surface area contributed by atoms with E-state index in [1.54, 1.807) is 4.68 Å². The first-order valence-electron chi connectivity index (χ1n) is 7.36. The van der Waals surface area contributed by atoms with E-state index < -0.39 is 0 Å². The van der Waals surface area contributed by atoms with Crippen LogP contribution in [0.5, 0.6) is 0 Å². The molecule has 116 valence electrons. The molecule has 1 heterocycles. The van der Waals surface area contributed by atoms with Crippen molar-refractivity contribution in [2.75, 3.05) is 20.6 Å². The average Bonchev–Trinajstić information content (AvgIpc) is 2.63. The van der Waals surface area contributed by atoms with Gasteiger partial charge in [0.15, 0.2) is 0 Å². The quantitative estimate of drug-likeness (QED) is 0.840. The van der Waals surface area contributed by atoms with Crippen molar-refractivity contribution < 1.29 is 0 Å². The zero-order valence-corrected chi connectivity index (χ0v) is 14.7. The molecule has 1 aromatic heterocycles. The molecule has 0 spiro atoms. The molecule has 0 saturated carbocycles. The van der Waals surface area contributed by atoms with E-state index in [0.29, 0.717) is 6.04 Å². The van der Waals surface area contributed by atoms with Crippen molar-refractivity contribution in [3.8, 4) is 0 Å². The molecule has 20 heavy (non-hydrogen) atoms. The van der Waals surface area contributed by atoms with Gasteiger partial charge in [0.2, 0.25) is 0 Å². The predicted octanol–water partition coefficient (Wildman–Crippen LogP) is 2.63. The van der Waals surface area contributed by atoms with Crippen molar-refractivity contribution in [1.29, 1.82) is 0 Å². The van der Waals surface area contributed by atoms with Crippen molar-refractivity contribution in [1.82, 2.24) is 20.0 Å². The van der Waals surface area contributed by atoms with Crippen molar-refractivity contribution in [2.45, 2.75) is 52.1 Å². The highest BCUT2D eigenvalue weighted by molar-refractivity contribution is 6.30. The summed E-state index contributed by atoms with van der Waals surface area (Å²) in [5.74, 6) is 0. The second-order valence-corrected chi connectivity index (χ2v) is 6.26. The number of likely N-dealkylation sites (N-methyl/N-ethyl adjacent to an activating group) is 2. The van der Waals surface area contributed by atoms with Gasteiger partial charge in [0.05, 0.1) is 5.69 Å². The van der Waals surface area contributed by atoms with Gasteiger partial charge in [0, 0.05) is 24.2 Å². The molecule has 2 unspecified atom stereocenters. The molecule has 1 rings (SSSR count). The minimum absolute atomic E-state index is 0.0849. The van der Waals surface area contributed by atoms with Crippen molar-refractivity contribution >= 4 is 11.6 Å². The maximum atomic E-state index is 6.39. The van der Waals surface area contributed by atoms with Crippen molar-refractivity contribution in [2.24, 2.45) is 7.05 Å². The lowest BCUT2D eigenvalue weighted by Gasteiger charge is -2.43. The second kappa shape index (κ2) is 6.92. The standard InChI is InChI=1S/C15H29ClN4/c1-8-15(4,19(5)6)13(17-9-2)10-12-11(3)18-20(7)14(12)16/h13,17H,8-10H2,1-7H3. The van der Waals surface area contributed by atoms with Gasteiger partial charge in [-0.2, -0.15) is 5.10 Å². The smallest absolute Gasteiger partial charge is 0.130 e. The van der Waals surface area contributed by atoms with Gasteiger partial charge in [0.25, 0.3) is 0 Å². The molecule has 0 radical (unpaired) electrons. The zero-order chi connectivity index (χ0) is 15.5. The van der Waals surface area contributed by atoms with Gasteiger partial charge in [-0.3, -0.25) is 4.68 Å². The number of rotatable bonds is 7. The minimum atomic E-state index is 0.0849. The van der Waals surface area contributed by atoms with Gasteiger partial charge in [-0.1, -0.05) is 25.4 Å². The fourth-order valence-corrected chi connectivity index (χ4v) is 2.99. The lowest BCUT2D eigenvalue weighted by Crippen LogP contribution is -2.57. The minimum Gasteiger partial charge on any atom is -0.312 e.